The molecule has 0 heterocycles. The molecule has 1 atom stereocenters. The van der Waals surface area contributed by atoms with E-state index >= 15 is 0 Å². The van der Waals surface area contributed by atoms with Crippen molar-refractivity contribution in [2.75, 3.05) is 6.54 Å². The third kappa shape index (κ3) is 5.60. The molecule has 2 nitrogen and oxygen atoms in total. The highest BCUT2D eigenvalue weighted by Gasteiger charge is 2.18. The summed E-state index contributed by atoms with van der Waals surface area (Å²) in [6.45, 7) is 8.42. The van der Waals surface area contributed by atoms with Crippen LogP contribution in [0, 0.1) is 18.2 Å². The van der Waals surface area contributed by atoms with Crippen LogP contribution >= 0.6 is 11.6 Å². The summed E-state index contributed by atoms with van der Waals surface area (Å²) in [5.41, 5.74) is 1.02. The average molecular weight is 286 g/mol. The maximum atomic E-state index is 13.5. The molecule has 1 amide bonds. The number of amides is 1. The number of carbonyl (C=O) groups excluding carboxylic acids is 1. The van der Waals surface area contributed by atoms with Crippen LogP contribution in [0.2, 0.25) is 0 Å². The van der Waals surface area contributed by atoms with E-state index in [0.717, 1.165) is 12.0 Å². The maximum Gasteiger partial charge on any atom is 0.254 e. The third-order valence-electron chi connectivity index (χ3n) is 2.68. The molecule has 106 valence electrons. The van der Waals surface area contributed by atoms with Crippen LogP contribution in [0.1, 0.15) is 43.1 Å². The minimum absolute atomic E-state index is 0.0691. The summed E-state index contributed by atoms with van der Waals surface area (Å²) in [6.07, 6.45) is 0.783. The van der Waals surface area contributed by atoms with Crippen LogP contribution in [0.3, 0.4) is 0 Å². The quantitative estimate of drug-likeness (QED) is 0.835. The number of hydrogen-bond donors (Lipinski definition) is 1. The molecule has 1 rings (SSSR count). The lowest BCUT2D eigenvalue weighted by Crippen LogP contribution is -2.32. The Morgan fingerprint density at radius 2 is 2.05 bits per heavy atom. The van der Waals surface area contributed by atoms with E-state index < -0.39 is 11.7 Å². The maximum absolute atomic E-state index is 13.5. The lowest BCUT2D eigenvalue weighted by molar-refractivity contribution is 0.0948. The molecule has 0 spiro atoms. The molecule has 0 radical (unpaired) electrons. The first-order chi connectivity index (χ1) is 8.69. The Morgan fingerprint density at radius 1 is 1.42 bits per heavy atom. The normalized spacial score (nSPS) is 13.2. The van der Waals surface area contributed by atoms with Crippen molar-refractivity contribution in [1.29, 1.82) is 0 Å². The van der Waals surface area contributed by atoms with Crippen LogP contribution in [0.4, 0.5) is 4.39 Å². The van der Waals surface area contributed by atoms with Crippen molar-refractivity contribution in [2.24, 2.45) is 5.41 Å². The largest absolute Gasteiger partial charge is 0.350 e. The van der Waals surface area contributed by atoms with Gasteiger partial charge in [0.1, 0.15) is 5.82 Å². The third-order valence-corrected chi connectivity index (χ3v) is 2.99. The fourth-order valence-corrected chi connectivity index (χ4v) is 2.39. The molecular weight excluding hydrogens is 265 g/mol. The average Bonchev–Trinajstić information content (AvgIpc) is 2.27. The number of hydrogen-bond acceptors (Lipinski definition) is 1. The molecule has 4 heteroatoms. The lowest BCUT2D eigenvalue weighted by atomic mass is 9.90. The van der Waals surface area contributed by atoms with E-state index in [0.29, 0.717) is 6.54 Å². The van der Waals surface area contributed by atoms with Gasteiger partial charge in [0.05, 0.1) is 10.9 Å². The fraction of sp³-hybridized carbons (Fsp3) is 0.533. The van der Waals surface area contributed by atoms with Gasteiger partial charge in [-0.15, -0.1) is 11.6 Å². The minimum atomic E-state index is -0.509. The van der Waals surface area contributed by atoms with Crippen LogP contribution < -0.4 is 5.32 Å². The van der Waals surface area contributed by atoms with Gasteiger partial charge in [0.2, 0.25) is 0 Å². The van der Waals surface area contributed by atoms with E-state index in [1.165, 1.54) is 12.1 Å². The van der Waals surface area contributed by atoms with Gasteiger partial charge in [-0.2, -0.15) is 0 Å². The molecule has 1 unspecified atom stereocenters. The van der Waals surface area contributed by atoms with E-state index in [2.05, 4.69) is 26.1 Å². The molecular formula is C15H21ClFNO. The SMILES string of the molecule is Cc1ccc(F)c(C(=O)NCC(Cl)CC(C)(C)C)c1. The predicted molar refractivity (Wildman–Crippen MR) is 77.2 cm³/mol. The van der Waals surface area contributed by atoms with Crippen molar-refractivity contribution in [1.82, 2.24) is 5.32 Å². The van der Waals surface area contributed by atoms with E-state index in [1.807, 2.05) is 6.92 Å². The molecule has 1 aromatic carbocycles. The zero-order chi connectivity index (χ0) is 14.6. The Morgan fingerprint density at radius 3 is 2.63 bits per heavy atom. The van der Waals surface area contributed by atoms with Crippen molar-refractivity contribution in [3.05, 3.63) is 35.1 Å². The van der Waals surface area contributed by atoms with E-state index in [1.54, 1.807) is 6.07 Å². The van der Waals surface area contributed by atoms with Crippen molar-refractivity contribution >= 4 is 17.5 Å². The van der Waals surface area contributed by atoms with Gasteiger partial charge in [0.15, 0.2) is 0 Å². The molecule has 0 fully saturated rings. The summed E-state index contributed by atoms with van der Waals surface area (Å²) >= 11 is 6.16. The molecule has 0 saturated heterocycles. The van der Waals surface area contributed by atoms with Crippen LogP contribution in [0.25, 0.3) is 0 Å². The summed E-state index contributed by atoms with van der Waals surface area (Å²) in [7, 11) is 0. The molecule has 1 N–H and O–H groups in total. The number of nitrogens with one attached hydrogen (secondary N) is 1. The summed E-state index contributed by atoms with van der Waals surface area (Å²) in [5, 5.41) is 2.52. The standard InChI is InChI=1S/C15H21ClFNO/c1-10-5-6-13(17)12(7-10)14(19)18-9-11(16)8-15(2,3)4/h5-7,11H,8-9H2,1-4H3,(H,18,19). The molecule has 0 saturated carbocycles. The smallest absolute Gasteiger partial charge is 0.254 e. The monoisotopic (exact) mass is 285 g/mol. The molecule has 0 aliphatic carbocycles. The highest BCUT2D eigenvalue weighted by Crippen LogP contribution is 2.23. The Kier molecular flexibility index (Phi) is 5.36. The molecule has 19 heavy (non-hydrogen) atoms. The number of rotatable bonds is 4. The molecule has 1 aromatic rings. The van der Waals surface area contributed by atoms with Crippen LogP contribution in [-0.4, -0.2) is 17.8 Å². The zero-order valence-corrected chi connectivity index (χ0v) is 12.6. The number of carbonyl (C=O) groups is 1. The number of halogens is 2. The van der Waals surface area contributed by atoms with Crippen molar-refractivity contribution in [2.45, 2.75) is 39.5 Å². The highest BCUT2D eigenvalue weighted by atomic mass is 35.5. The lowest BCUT2D eigenvalue weighted by Gasteiger charge is -2.22. The second kappa shape index (κ2) is 6.38. The fourth-order valence-electron chi connectivity index (χ4n) is 1.85. The number of benzene rings is 1. The highest BCUT2D eigenvalue weighted by molar-refractivity contribution is 6.21. The zero-order valence-electron chi connectivity index (χ0n) is 11.9. The van der Waals surface area contributed by atoms with Gasteiger partial charge in [-0.3, -0.25) is 4.79 Å². The van der Waals surface area contributed by atoms with Gasteiger partial charge < -0.3 is 5.32 Å². The van der Waals surface area contributed by atoms with Gasteiger partial charge >= 0.3 is 0 Å². The number of alkyl halides is 1. The minimum Gasteiger partial charge on any atom is -0.350 e. The summed E-state index contributed by atoms with van der Waals surface area (Å²) in [4.78, 5) is 11.9. The van der Waals surface area contributed by atoms with Gasteiger partial charge in [-0.25, -0.2) is 4.39 Å². The summed E-state index contributed by atoms with van der Waals surface area (Å²) < 4.78 is 13.5. The summed E-state index contributed by atoms with van der Waals surface area (Å²) in [5.74, 6) is -0.925. The van der Waals surface area contributed by atoms with Crippen LogP contribution in [-0.2, 0) is 0 Å². The topological polar surface area (TPSA) is 29.1 Å². The Hall–Kier alpha value is -1.09. The second-order valence-corrected chi connectivity index (χ2v) is 6.67. The van der Waals surface area contributed by atoms with Crippen molar-refractivity contribution in [3.63, 3.8) is 0 Å². The Balaban J connectivity index is 2.58. The molecule has 0 bridgehead atoms. The predicted octanol–water partition coefficient (Wildman–Crippen LogP) is 3.91. The molecule has 0 aliphatic rings. The van der Waals surface area contributed by atoms with Gasteiger partial charge in [0, 0.05) is 6.54 Å². The van der Waals surface area contributed by atoms with Crippen molar-refractivity contribution < 1.29 is 9.18 Å². The summed E-state index contributed by atoms with van der Waals surface area (Å²) in [6, 6.07) is 4.48. The Labute approximate surface area is 119 Å². The van der Waals surface area contributed by atoms with E-state index in [9.17, 15) is 9.18 Å². The first-order valence-corrected chi connectivity index (χ1v) is 6.81. The first-order valence-electron chi connectivity index (χ1n) is 6.37. The molecule has 0 aromatic heterocycles. The van der Waals surface area contributed by atoms with Gasteiger partial charge in [-0.05, 0) is 30.9 Å². The van der Waals surface area contributed by atoms with Gasteiger partial charge in [0.25, 0.3) is 5.91 Å². The van der Waals surface area contributed by atoms with E-state index in [4.69, 9.17) is 11.6 Å². The van der Waals surface area contributed by atoms with E-state index in [-0.39, 0.29) is 16.4 Å². The first kappa shape index (κ1) is 16.0. The second-order valence-electron chi connectivity index (χ2n) is 6.06. The number of aryl methyl sites for hydroxylation is 1. The van der Waals surface area contributed by atoms with Crippen LogP contribution in [0.5, 0.6) is 0 Å². The van der Waals surface area contributed by atoms with Crippen molar-refractivity contribution in [3.8, 4) is 0 Å². The van der Waals surface area contributed by atoms with Gasteiger partial charge in [-0.1, -0.05) is 32.4 Å². The Bertz CT molecular complexity index is 454. The van der Waals surface area contributed by atoms with Crippen LogP contribution in [0.15, 0.2) is 18.2 Å². The molecule has 0 aliphatic heterocycles.